The van der Waals surface area contributed by atoms with Crippen molar-refractivity contribution in [1.29, 1.82) is 0 Å². The van der Waals surface area contributed by atoms with Crippen LogP contribution in [0.1, 0.15) is 11.1 Å². The Morgan fingerprint density at radius 3 is 1.11 bits per heavy atom. The van der Waals surface area contributed by atoms with Crippen LogP contribution >= 0.6 is 11.8 Å². The molecule has 35 heavy (non-hydrogen) atoms. The van der Waals surface area contributed by atoms with Gasteiger partial charge in [-0.1, -0.05) is 109 Å². The molecular weight excluding hydrogens is 440 g/mol. The molecule has 0 aliphatic carbocycles. The van der Waals surface area contributed by atoms with Crippen LogP contribution < -0.4 is 0 Å². The molecule has 0 bridgehead atoms. The van der Waals surface area contributed by atoms with Gasteiger partial charge in [0, 0.05) is 11.5 Å². The van der Waals surface area contributed by atoms with E-state index in [1.807, 2.05) is 11.8 Å². The first-order chi connectivity index (χ1) is 17.3. The van der Waals surface area contributed by atoms with E-state index in [0.29, 0.717) is 0 Å². The molecule has 1 heteroatoms. The van der Waals surface area contributed by atoms with Crippen molar-refractivity contribution in [3.8, 4) is 0 Å². The van der Waals surface area contributed by atoms with Crippen LogP contribution in [0.15, 0.2) is 109 Å². The molecular formula is C34H22S. The van der Waals surface area contributed by atoms with Gasteiger partial charge in [0.2, 0.25) is 0 Å². The summed E-state index contributed by atoms with van der Waals surface area (Å²) in [7, 11) is 0. The maximum Gasteiger partial charge on any atom is 0.0194 e. The zero-order valence-corrected chi connectivity index (χ0v) is 20.0. The molecule has 0 saturated heterocycles. The van der Waals surface area contributed by atoms with Gasteiger partial charge in [0.15, 0.2) is 0 Å². The quantitative estimate of drug-likeness (QED) is 0.234. The van der Waals surface area contributed by atoms with E-state index in [0.717, 1.165) is 11.5 Å². The summed E-state index contributed by atoms with van der Waals surface area (Å²) in [6.45, 7) is 0. The zero-order valence-electron chi connectivity index (χ0n) is 19.2. The van der Waals surface area contributed by atoms with Gasteiger partial charge in [-0.2, -0.15) is 11.8 Å². The highest BCUT2D eigenvalue weighted by atomic mass is 32.2. The van der Waals surface area contributed by atoms with Gasteiger partial charge >= 0.3 is 0 Å². The fourth-order valence-electron chi connectivity index (χ4n) is 6.11. The summed E-state index contributed by atoms with van der Waals surface area (Å²) in [6, 6.07) is 40.8. The van der Waals surface area contributed by atoms with Crippen LogP contribution in [0.25, 0.3) is 64.6 Å². The maximum atomic E-state index is 2.33. The predicted octanol–water partition coefficient (Wildman–Crippen LogP) is 9.91. The predicted molar refractivity (Wildman–Crippen MR) is 155 cm³/mol. The lowest BCUT2D eigenvalue weighted by Crippen LogP contribution is -1.91. The van der Waals surface area contributed by atoms with E-state index in [-0.39, 0.29) is 0 Å². The first kappa shape index (κ1) is 19.5. The van der Waals surface area contributed by atoms with Gasteiger partial charge < -0.3 is 0 Å². The Morgan fingerprint density at radius 1 is 0.343 bits per heavy atom. The molecule has 0 aliphatic rings. The molecule has 0 amide bonds. The first-order valence-electron chi connectivity index (χ1n) is 12.2. The normalized spacial score (nSPS) is 12.3. The van der Waals surface area contributed by atoms with E-state index in [4.69, 9.17) is 0 Å². The minimum atomic E-state index is 1.01. The van der Waals surface area contributed by atoms with Crippen LogP contribution in [0, 0.1) is 0 Å². The van der Waals surface area contributed by atoms with Gasteiger partial charge in [-0.05, 0) is 75.8 Å². The smallest absolute Gasteiger partial charge is 0.0194 e. The van der Waals surface area contributed by atoms with Crippen molar-refractivity contribution in [3.63, 3.8) is 0 Å². The minimum absolute atomic E-state index is 1.01. The van der Waals surface area contributed by atoms with Crippen molar-refractivity contribution in [2.75, 3.05) is 0 Å². The number of rotatable bonds is 4. The molecule has 0 spiro atoms. The molecule has 0 fully saturated rings. The van der Waals surface area contributed by atoms with Gasteiger partial charge in [0.05, 0.1) is 0 Å². The van der Waals surface area contributed by atoms with E-state index in [2.05, 4.69) is 109 Å². The lowest BCUT2D eigenvalue weighted by atomic mass is 9.92. The van der Waals surface area contributed by atoms with Crippen molar-refractivity contribution < 1.29 is 0 Å². The fourth-order valence-corrected chi connectivity index (χ4v) is 7.16. The first-order valence-corrected chi connectivity index (χ1v) is 13.4. The topological polar surface area (TPSA) is 0 Å². The van der Waals surface area contributed by atoms with Crippen LogP contribution in [-0.4, -0.2) is 0 Å². The van der Waals surface area contributed by atoms with Crippen molar-refractivity contribution in [2.24, 2.45) is 0 Å². The Labute approximate surface area is 207 Å². The summed E-state index contributed by atoms with van der Waals surface area (Å²) in [5.74, 6) is 2.02. The molecule has 8 rings (SSSR count). The lowest BCUT2D eigenvalue weighted by molar-refractivity contribution is 1.42. The second kappa shape index (κ2) is 7.34. The molecule has 0 N–H and O–H groups in total. The van der Waals surface area contributed by atoms with Crippen LogP contribution in [0.4, 0.5) is 0 Å². The summed E-state index contributed by atoms with van der Waals surface area (Å²) in [5.41, 5.74) is 2.86. The van der Waals surface area contributed by atoms with Gasteiger partial charge in [0.25, 0.3) is 0 Å². The molecule has 0 aliphatic heterocycles. The van der Waals surface area contributed by atoms with E-state index in [9.17, 15) is 0 Å². The average molecular weight is 463 g/mol. The standard InChI is InChI=1S/C34H22S/c1-3-21-7-9-25-11-13-27(29-17-15-23(5-1)31(21)33(25)29)19-35-20-28-14-12-26-10-8-22-4-2-6-24-16-18-30(28)34(26)32(22)24/h1-18H,19-20H2. The third kappa shape index (κ3) is 2.82. The molecule has 0 aromatic heterocycles. The molecule has 0 unspecified atom stereocenters. The van der Waals surface area contributed by atoms with Crippen LogP contribution in [0.2, 0.25) is 0 Å². The van der Waals surface area contributed by atoms with Crippen LogP contribution in [0.3, 0.4) is 0 Å². The molecule has 0 nitrogen and oxygen atoms in total. The minimum Gasteiger partial charge on any atom is -0.152 e. The van der Waals surface area contributed by atoms with E-state index >= 15 is 0 Å². The molecule has 8 aromatic carbocycles. The van der Waals surface area contributed by atoms with Crippen molar-refractivity contribution in [1.82, 2.24) is 0 Å². The second-order valence-corrected chi connectivity index (χ2v) is 10.6. The summed E-state index contributed by atoms with van der Waals surface area (Å²) >= 11 is 2.02. The van der Waals surface area contributed by atoms with Gasteiger partial charge in [0.1, 0.15) is 0 Å². The number of hydrogen-bond acceptors (Lipinski definition) is 1. The SMILES string of the molecule is c1cc2ccc3ccc(CSCc4ccc5ccc6cccc7ccc4c5c67)c4ccc(c1)c2c34. The number of thioether (sulfide) groups is 1. The molecule has 0 radical (unpaired) electrons. The van der Waals surface area contributed by atoms with E-state index in [1.54, 1.807) is 0 Å². The lowest BCUT2D eigenvalue weighted by Gasteiger charge is -2.15. The Morgan fingerprint density at radius 2 is 0.686 bits per heavy atom. The third-order valence-corrected chi connectivity index (χ3v) is 8.78. The summed E-state index contributed by atoms with van der Waals surface area (Å²) in [6.07, 6.45) is 0. The van der Waals surface area contributed by atoms with Crippen molar-refractivity contribution >= 4 is 76.4 Å². The van der Waals surface area contributed by atoms with Crippen molar-refractivity contribution in [3.05, 3.63) is 120 Å². The Kier molecular flexibility index (Phi) is 4.09. The second-order valence-electron chi connectivity index (χ2n) is 9.65. The van der Waals surface area contributed by atoms with Gasteiger partial charge in [-0.15, -0.1) is 0 Å². The third-order valence-electron chi connectivity index (χ3n) is 7.75. The highest BCUT2D eigenvalue weighted by Crippen LogP contribution is 2.39. The summed E-state index contributed by atoms with van der Waals surface area (Å²) < 4.78 is 0. The molecule has 0 heterocycles. The van der Waals surface area contributed by atoms with Gasteiger partial charge in [-0.3, -0.25) is 0 Å². The fraction of sp³-hybridized carbons (Fsp3) is 0.0588. The Balaban J connectivity index is 1.19. The van der Waals surface area contributed by atoms with Crippen LogP contribution in [-0.2, 0) is 11.5 Å². The van der Waals surface area contributed by atoms with E-state index < -0.39 is 0 Å². The number of hydrogen-bond donors (Lipinski definition) is 0. The highest BCUT2D eigenvalue weighted by molar-refractivity contribution is 7.97. The van der Waals surface area contributed by atoms with Crippen molar-refractivity contribution in [2.45, 2.75) is 11.5 Å². The highest BCUT2D eigenvalue weighted by Gasteiger charge is 2.13. The molecule has 8 aromatic rings. The Hall–Kier alpha value is -3.81. The van der Waals surface area contributed by atoms with Gasteiger partial charge in [-0.25, -0.2) is 0 Å². The average Bonchev–Trinajstić information content (AvgIpc) is 2.91. The molecule has 164 valence electrons. The number of benzene rings is 8. The zero-order chi connectivity index (χ0) is 22.9. The summed E-state index contributed by atoms with van der Waals surface area (Å²) in [4.78, 5) is 0. The Bertz CT molecular complexity index is 1850. The summed E-state index contributed by atoms with van der Waals surface area (Å²) in [5, 5.41) is 16.4. The molecule has 0 atom stereocenters. The van der Waals surface area contributed by atoms with E-state index in [1.165, 1.54) is 75.8 Å². The largest absolute Gasteiger partial charge is 0.152 e. The molecule has 0 saturated carbocycles. The monoisotopic (exact) mass is 462 g/mol. The van der Waals surface area contributed by atoms with Crippen LogP contribution in [0.5, 0.6) is 0 Å². The maximum absolute atomic E-state index is 2.33.